The Morgan fingerprint density at radius 2 is 1.74 bits per heavy atom. The normalized spacial score (nSPS) is 10.6. The first-order valence-corrected chi connectivity index (χ1v) is 8.59. The van der Waals surface area contributed by atoms with Gasteiger partial charge >= 0.3 is 5.97 Å². The minimum atomic E-state index is -0.263. The zero-order valence-electron chi connectivity index (χ0n) is 13.7. The fourth-order valence-corrected chi connectivity index (χ4v) is 2.57. The van der Waals surface area contributed by atoms with Crippen LogP contribution >= 0.6 is 23.2 Å². The van der Waals surface area contributed by atoms with Crippen molar-refractivity contribution in [2.24, 2.45) is 0 Å². The predicted octanol–water partition coefficient (Wildman–Crippen LogP) is 4.68. The van der Waals surface area contributed by atoms with Gasteiger partial charge in [0, 0.05) is 26.1 Å². The molecule has 130 valence electrons. The lowest BCUT2D eigenvalue weighted by Gasteiger charge is -2.12. The van der Waals surface area contributed by atoms with Gasteiger partial charge in [0.15, 0.2) is 5.75 Å². The van der Waals surface area contributed by atoms with Crippen LogP contribution in [0.25, 0.3) is 0 Å². The molecule has 0 heterocycles. The van der Waals surface area contributed by atoms with Crippen molar-refractivity contribution in [3.63, 3.8) is 0 Å². The van der Waals surface area contributed by atoms with Gasteiger partial charge in [-0.05, 0) is 30.5 Å². The Kier molecular flexibility index (Phi) is 10.1. The number of methoxy groups -OCH3 is 1. The molecule has 0 saturated carbocycles. The molecule has 1 aromatic carbocycles. The standard InChI is InChI=1S/C17H24Cl2O4/c1-3-4-8-22-9-5-10-23-17-14(18)11-13(12-15(17)19)6-7-16(20)21-2/h11-12H,3-10H2,1-2H3. The van der Waals surface area contributed by atoms with Gasteiger partial charge in [0.1, 0.15) is 0 Å². The van der Waals surface area contributed by atoms with Crippen LogP contribution in [0.15, 0.2) is 12.1 Å². The summed E-state index contributed by atoms with van der Waals surface area (Å²) >= 11 is 12.4. The van der Waals surface area contributed by atoms with Crippen molar-refractivity contribution in [3.05, 3.63) is 27.7 Å². The molecule has 0 radical (unpaired) electrons. The lowest BCUT2D eigenvalue weighted by molar-refractivity contribution is -0.140. The van der Waals surface area contributed by atoms with E-state index >= 15 is 0 Å². The van der Waals surface area contributed by atoms with Crippen molar-refractivity contribution < 1.29 is 19.0 Å². The molecule has 6 heteroatoms. The predicted molar refractivity (Wildman–Crippen MR) is 92.6 cm³/mol. The number of hydrogen-bond acceptors (Lipinski definition) is 4. The van der Waals surface area contributed by atoms with Crippen molar-refractivity contribution in [1.29, 1.82) is 0 Å². The number of ether oxygens (including phenoxy) is 3. The van der Waals surface area contributed by atoms with Crippen LogP contribution in [0.4, 0.5) is 0 Å². The summed E-state index contributed by atoms with van der Waals surface area (Å²) in [6.45, 7) is 4.07. The van der Waals surface area contributed by atoms with Crippen molar-refractivity contribution in [2.45, 2.75) is 39.0 Å². The first kappa shape index (κ1) is 20.1. The van der Waals surface area contributed by atoms with E-state index in [0.717, 1.165) is 31.4 Å². The molecule has 0 fully saturated rings. The van der Waals surface area contributed by atoms with Crippen LogP contribution in [0.2, 0.25) is 10.0 Å². The Balaban J connectivity index is 2.42. The molecule has 0 aromatic heterocycles. The number of hydrogen-bond donors (Lipinski definition) is 0. The molecule has 0 atom stereocenters. The lowest BCUT2D eigenvalue weighted by atomic mass is 10.1. The second-order valence-electron chi connectivity index (χ2n) is 5.13. The maximum atomic E-state index is 11.2. The monoisotopic (exact) mass is 362 g/mol. The number of rotatable bonds is 11. The van der Waals surface area contributed by atoms with E-state index in [4.69, 9.17) is 32.7 Å². The van der Waals surface area contributed by atoms with Crippen LogP contribution in [-0.2, 0) is 20.7 Å². The molecule has 0 bridgehead atoms. The number of carbonyl (C=O) groups excluding carboxylic acids is 1. The summed E-state index contributed by atoms with van der Waals surface area (Å²) in [5, 5.41) is 0.897. The number of halogens is 2. The fraction of sp³-hybridized carbons (Fsp3) is 0.588. The molecule has 0 aliphatic rings. The summed E-state index contributed by atoms with van der Waals surface area (Å²) in [5.74, 6) is 0.212. The Labute approximate surface area is 148 Å². The number of benzene rings is 1. The highest BCUT2D eigenvalue weighted by Gasteiger charge is 2.11. The summed E-state index contributed by atoms with van der Waals surface area (Å²) in [6, 6.07) is 3.53. The molecule has 1 aromatic rings. The van der Waals surface area contributed by atoms with Crippen molar-refractivity contribution in [2.75, 3.05) is 26.9 Å². The third-order valence-corrected chi connectivity index (χ3v) is 3.79. The Morgan fingerprint density at radius 3 is 2.35 bits per heavy atom. The molecule has 23 heavy (non-hydrogen) atoms. The second-order valence-corrected chi connectivity index (χ2v) is 5.95. The summed E-state index contributed by atoms with van der Waals surface area (Å²) in [7, 11) is 1.37. The van der Waals surface area contributed by atoms with E-state index in [1.807, 2.05) is 0 Å². The quantitative estimate of drug-likeness (QED) is 0.423. The van der Waals surface area contributed by atoms with Crippen molar-refractivity contribution in [3.8, 4) is 5.75 Å². The van der Waals surface area contributed by atoms with E-state index in [1.54, 1.807) is 12.1 Å². The molecule has 0 saturated heterocycles. The Hall–Kier alpha value is -0.970. The third kappa shape index (κ3) is 7.91. The van der Waals surface area contributed by atoms with Crippen LogP contribution in [-0.4, -0.2) is 32.9 Å². The highest BCUT2D eigenvalue weighted by atomic mass is 35.5. The van der Waals surface area contributed by atoms with Gasteiger partial charge < -0.3 is 14.2 Å². The van der Waals surface area contributed by atoms with E-state index in [1.165, 1.54) is 7.11 Å². The van der Waals surface area contributed by atoms with Crippen LogP contribution in [0, 0.1) is 0 Å². The van der Waals surface area contributed by atoms with Crippen molar-refractivity contribution in [1.82, 2.24) is 0 Å². The van der Waals surface area contributed by atoms with E-state index in [2.05, 4.69) is 11.7 Å². The summed E-state index contributed by atoms with van der Waals surface area (Å²) in [6.07, 6.45) is 3.80. The van der Waals surface area contributed by atoms with E-state index in [0.29, 0.717) is 41.9 Å². The molecule has 0 aliphatic heterocycles. The Morgan fingerprint density at radius 1 is 1.09 bits per heavy atom. The first-order valence-electron chi connectivity index (χ1n) is 7.83. The van der Waals surface area contributed by atoms with E-state index in [-0.39, 0.29) is 5.97 Å². The molecule has 0 unspecified atom stereocenters. The molecule has 0 spiro atoms. The number of esters is 1. The molecule has 0 N–H and O–H groups in total. The molecule has 4 nitrogen and oxygen atoms in total. The third-order valence-electron chi connectivity index (χ3n) is 3.23. The van der Waals surface area contributed by atoms with E-state index < -0.39 is 0 Å². The zero-order valence-corrected chi connectivity index (χ0v) is 15.2. The molecular weight excluding hydrogens is 339 g/mol. The second kappa shape index (κ2) is 11.5. The smallest absolute Gasteiger partial charge is 0.305 e. The maximum absolute atomic E-state index is 11.2. The average molecular weight is 363 g/mol. The first-order chi connectivity index (χ1) is 11.1. The number of aryl methyl sites for hydroxylation is 1. The summed E-state index contributed by atoms with van der Waals surface area (Å²) in [5.41, 5.74) is 0.876. The minimum Gasteiger partial charge on any atom is -0.490 e. The van der Waals surface area contributed by atoms with Gasteiger partial charge in [0.25, 0.3) is 0 Å². The minimum absolute atomic E-state index is 0.263. The van der Waals surface area contributed by atoms with Gasteiger partial charge in [-0.3, -0.25) is 4.79 Å². The van der Waals surface area contributed by atoms with Crippen LogP contribution in [0.1, 0.15) is 38.2 Å². The van der Waals surface area contributed by atoms with Crippen LogP contribution < -0.4 is 4.74 Å². The fourth-order valence-electron chi connectivity index (χ4n) is 1.93. The van der Waals surface area contributed by atoms with Gasteiger partial charge in [-0.25, -0.2) is 0 Å². The van der Waals surface area contributed by atoms with Gasteiger partial charge in [0.2, 0.25) is 0 Å². The molecular formula is C17H24Cl2O4. The summed E-state index contributed by atoms with van der Waals surface area (Å²) in [4.78, 5) is 11.2. The highest BCUT2D eigenvalue weighted by molar-refractivity contribution is 6.37. The molecule has 0 amide bonds. The Bertz CT molecular complexity index is 468. The van der Waals surface area contributed by atoms with Gasteiger partial charge in [-0.1, -0.05) is 36.5 Å². The largest absolute Gasteiger partial charge is 0.490 e. The van der Waals surface area contributed by atoms with Gasteiger partial charge in [-0.2, -0.15) is 0 Å². The molecule has 0 aliphatic carbocycles. The topological polar surface area (TPSA) is 44.8 Å². The van der Waals surface area contributed by atoms with Crippen molar-refractivity contribution >= 4 is 29.2 Å². The lowest BCUT2D eigenvalue weighted by Crippen LogP contribution is -2.05. The van der Waals surface area contributed by atoms with E-state index in [9.17, 15) is 4.79 Å². The van der Waals surface area contributed by atoms with Crippen LogP contribution in [0.5, 0.6) is 5.75 Å². The maximum Gasteiger partial charge on any atom is 0.305 e. The number of carbonyl (C=O) groups is 1. The SMILES string of the molecule is CCCCOCCCOc1c(Cl)cc(CCC(=O)OC)cc1Cl. The highest BCUT2D eigenvalue weighted by Crippen LogP contribution is 2.34. The average Bonchev–Trinajstić information content (AvgIpc) is 2.53. The summed E-state index contributed by atoms with van der Waals surface area (Å²) < 4.78 is 15.7. The van der Waals surface area contributed by atoms with Crippen LogP contribution in [0.3, 0.4) is 0 Å². The number of unbranched alkanes of at least 4 members (excludes halogenated alkanes) is 1. The van der Waals surface area contributed by atoms with Gasteiger partial charge in [0.05, 0.1) is 23.8 Å². The van der Waals surface area contributed by atoms with Gasteiger partial charge in [-0.15, -0.1) is 0 Å². The molecule has 1 rings (SSSR count). The zero-order chi connectivity index (χ0) is 17.1.